The molecule has 1 unspecified atom stereocenters. The van der Waals surface area contributed by atoms with Crippen LogP contribution in [0.2, 0.25) is 0 Å². The van der Waals surface area contributed by atoms with Crippen LogP contribution in [0, 0.1) is 5.92 Å². The molecule has 1 fully saturated rings. The Morgan fingerprint density at radius 1 is 1.28 bits per heavy atom. The van der Waals surface area contributed by atoms with E-state index in [1.807, 2.05) is 38.1 Å². The van der Waals surface area contributed by atoms with E-state index in [9.17, 15) is 0 Å². The maximum Gasteiger partial charge on any atom is 0.0706 e. The van der Waals surface area contributed by atoms with Crippen LogP contribution >= 0.6 is 0 Å². The molecule has 2 aromatic rings. The Morgan fingerprint density at radius 2 is 2.12 bits per heavy atom. The Hall–Kier alpha value is -2.98. The fourth-order valence-electron chi connectivity index (χ4n) is 4.01. The van der Waals surface area contributed by atoms with Gasteiger partial charge in [0.25, 0.3) is 0 Å². The molecule has 1 saturated heterocycles. The fraction of sp³-hybridized carbons (Fsp3) is 0.357. The molecule has 0 aliphatic carbocycles. The van der Waals surface area contributed by atoms with Crippen LogP contribution < -0.4 is 0 Å². The van der Waals surface area contributed by atoms with Crippen LogP contribution in [0.5, 0.6) is 0 Å². The summed E-state index contributed by atoms with van der Waals surface area (Å²) in [5, 5.41) is 0. The van der Waals surface area contributed by atoms with E-state index in [4.69, 9.17) is 14.7 Å². The standard InChI is InChI=1S/C28H35N3O/c1-6-10-27(29-8-3)25-13-14-26(30-28(25)17-21-15-16-32-20-21)24-12-9-11-23(18-24)22(7-2)19-31(4)5/h6-7,9-14,18-19,21H,2,8,15-17,20H2,1,3-5H3/b10-6-,22-19+,29-27?. The third kappa shape index (κ3) is 6.04. The molecule has 168 valence electrons. The lowest BCUT2D eigenvalue weighted by Gasteiger charge is -2.15. The summed E-state index contributed by atoms with van der Waals surface area (Å²) in [6.45, 7) is 10.5. The van der Waals surface area contributed by atoms with Crippen LogP contribution in [0.15, 0.2) is 72.4 Å². The summed E-state index contributed by atoms with van der Waals surface area (Å²) in [6.07, 6.45) is 10.1. The number of rotatable bonds is 9. The lowest BCUT2D eigenvalue weighted by Crippen LogP contribution is -2.12. The maximum atomic E-state index is 5.63. The molecule has 0 amide bonds. The Balaban J connectivity index is 2.05. The van der Waals surface area contributed by atoms with Crippen LogP contribution in [0.4, 0.5) is 0 Å². The molecule has 3 rings (SSSR count). The van der Waals surface area contributed by atoms with E-state index in [1.165, 1.54) is 0 Å². The van der Waals surface area contributed by atoms with Crippen molar-refractivity contribution in [3.05, 3.63) is 84.2 Å². The van der Waals surface area contributed by atoms with Crippen molar-refractivity contribution < 1.29 is 4.74 Å². The average molecular weight is 430 g/mol. The number of aromatic nitrogens is 1. The minimum absolute atomic E-state index is 0.506. The molecular weight excluding hydrogens is 394 g/mol. The smallest absolute Gasteiger partial charge is 0.0706 e. The Kier molecular flexibility index (Phi) is 8.57. The van der Waals surface area contributed by atoms with Crippen molar-refractivity contribution in [2.75, 3.05) is 33.9 Å². The molecule has 4 heteroatoms. The Labute approximate surface area is 193 Å². The molecule has 1 atom stereocenters. The molecule has 0 spiro atoms. The fourth-order valence-corrected chi connectivity index (χ4v) is 4.01. The molecule has 4 nitrogen and oxygen atoms in total. The molecule has 1 aliphatic rings. The number of benzene rings is 1. The first-order valence-electron chi connectivity index (χ1n) is 11.4. The van der Waals surface area contributed by atoms with Gasteiger partial charge in [0.05, 0.1) is 17.1 Å². The zero-order valence-corrected chi connectivity index (χ0v) is 19.8. The van der Waals surface area contributed by atoms with Gasteiger partial charge in [0.2, 0.25) is 0 Å². The van der Waals surface area contributed by atoms with E-state index in [0.29, 0.717) is 5.92 Å². The largest absolute Gasteiger partial charge is 0.383 e. The van der Waals surface area contributed by atoms with Gasteiger partial charge in [-0.25, -0.2) is 0 Å². The first kappa shape index (κ1) is 23.7. The SMILES string of the molecule is C=C/C(=C\N(C)C)c1cccc(-c2ccc(C(/C=C\C)=NCC)c(CC3CCOC3)n2)c1. The van der Waals surface area contributed by atoms with Crippen LogP contribution in [-0.4, -0.2) is 49.4 Å². The third-order valence-electron chi connectivity index (χ3n) is 5.52. The molecule has 1 aliphatic heterocycles. The summed E-state index contributed by atoms with van der Waals surface area (Å²) in [4.78, 5) is 11.9. The maximum absolute atomic E-state index is 5.63. The molecule has 0 saturated carbocycles. The minimum atomic E-state index is 0.506. The van der Waals surface area contributed by atoms with Gasteiger partial charge >= 0.3 is 0 Å². The average Bonchev–Trinajstić information content (AvgIpc) is 3.30. The molecular formula is C28H35N3O. The Morgan fingerprint density at radius 3 is 2.78 bits per heavy atom. The van der Waals surface area contributed by atoms with Gasteiger partial charge in [-0.05, 0) is 68.0 Å². The monoisotopic (exact) mass is 429 g/mol. The van der Waals surface area contributed by atoms with Gasteiger partial charge < -0.3 is 9.64 Å². The normalized spacial score (nSPS) is 17.2. The van der Waals surface area contributed by atoms with Crippen LogP contribution in [-0.2, 0) is 11.2 Å². The third-order valence-corrected chi connectivity index (χ3v) is 5.52. The van der Waals surface area contributed by atoms with E-state index in [2.05, 4.69) is 62.2 Å². The second-order valence-electron chi connectivity index (χ2n) is 8.32. The number of aliphatic imine (C=N–C) groups is 1. The topological polar surface area (TPSA) is 37.7 Å². The molecule has 0 radical (unpaired) electrons. The summed E-state index contributed by atoms with van der Waals surface area (Å²) in [7, 11) is 4.04. The van der Waals surface area contributed by atoms with Crippen LogP contribution in [0.1, 0.15) is 37.1 Å². The van der Waals surface area contributed by atoms with E-state index in [1.54, 1.807) is 0 Å². The second-order valence-corrected chi connectivity index (χ2v) is 8.32. The summed E-state index contributed by atoms with van der Waals surface area (Å²) < 4.78 is 5.63. The number of pyridine rings is 1. The highest BCUT2D eigenvalue weighted by Gasteiger charge is 2.20. The summed E-state index contributed by atoms with van der Waals surface area (Å²) in [6, 6.07) is 12.8. The van der Waals surface area contributed by atoms with Crippen molar-refractivity contribution in [2.45, 2.75) is 26.7 Å². The molecule has 1 aromatic heterocycles. The molecule has 32 heavy (non-hydrogen) atoms. The molecule has 0 bridgehead atoms. The van der Waals surface area contributed by atoms with Crippen molar-refractivity contribution in [1.82, 2.24) is 9.88 Å². The van der Waals surface area contributed by atoms with Gasteiger partial charge in [0.15, 0.2) is 0 Å². The molecule has 1 aromatic carbocycles. The zero-order chi connectivity index (χ0) is 22.9. The van der Waals surface area contributed by atoms with Crippen molar-refractivity contribution in [3.63, 3.8) is 0 Å². The number of ether oxygens (including phenoxy) is 1. The first-order chi connectivity index (χ1) is 15.5. The van der Waals surface area contributed by atoms with E-state index >= 15 is 0 Å². The van der Waals surface area contributed by atoms with Gasteiger partial charge in [-0.3, -0.25) is 9.98 Å². The lowest BCUT2D eigenvalue weighted by atomic mass is 9.95. The quantitative estimate of drug-likeness (QED) is 0.373. The number of hydrogen-bond acceptors (Lipinski definition) is 4. The predicted octanol–water partition coefficient (Wildman–Crippen LogP) is 5.80. The first-order valence-corrected chi connectivity index (χ1v) is 11.4. The zero-order valence-electron chi connectivity index (χ0n) is 19.8. The highest BCUT2D eigenvalue weighted by Crippen LogP contribution is 2.27. The van der Waals surface area contributed by atoms with Crippen LogP contribution in [0.3, 0.4) is 0 Å². The van der Waals surface area contributed by atoms with E-state index in [-0.39, 0.29) is 0 Å². The molecule has 0 N–H and O–H groups in total. The van der Waals surface area contributed by atoms with Gasteiger partial charge in [-0.2, -0.15) is 0 Å². The van der Waals surface area contributed by atoms with Gasteiger partial charge in [-0.15, -0.1) is 0 Å². The Bertz CT molecular complexity index is 1010. The van der Waals surface area contributed by atoms with Crippen molar-refractivity contribution in [3.8, 4) is 11.3 Å². The van der Waals surface area contributed by atoms with Crippen LogP contribution in [0.25, 0.3) is 16.8 Å². The number of allylic oxidation sites excluding steroid dienone is 4. The van der Waals surface area contributed by atoms with Crippen molar-refractivity contribution in [2.24, 2.45) is 10.9 Å². The minimum Gasteiger partial charge on any atom is -0.383 e. The van der Waals surface area contributed by atoms with E-state index < -0.39 is 0 Å². The lowest BCUT2D eigenvalue weighted by molar-refractivity contribution is 0.185. The highest BCUT2D eigenvalue weighted by molar-refractivity contribution is 6.09. The summed E-state index contributed by atoms with van der Waals surface area (Å²) >= 11 is 0. The van der Waals surface area contributed by atoms with Gasteiger partial charge in [0.1, 0.15) is 0 Å². The second kappa shape index (κ2) is 11.6. The summed E-state index contributed by atoms with van der Waals surface area (Å²) in [5.74, 6) is 0.506. The highest BCUT2D eigenvalue weighted by atomic mass is 16.5. The van der Waals surface area contributed by atoms with Gasteiger partial charge in [-0.1, -0.05) is 36.9 Å². The summed E-state index contributed by atoms with van der Waals surface area (Å²) in [5.41, 5.74) is 7.52. The number of nitrogens with zero attached hydrogens (tertiary/aromatic N) is 3. The predicted molar refractivity (Wildman–Crippen MR) is 136 cm³/mol. The number of hydrogen-bond donors (Lipinski definition) is 0. The van der Waals surface area contributed by atoms with Gasteiger partial charge in [0, 0.05) is 51.2 Å². The van der Waals surface area contributed by atoms with Crippen molar-refractivity contribution >= 4 is 11.3 Å². The van der Waals surface area contributed by atoms with E-state index in [0.717, 1.165) is 72.0 Å². The molecule has 2 heterocycles. The van der Waals surface area contributed by atoms with Crippen molar-refractivity contribution in [1.29, 1.82) is 0 Å².